The van der Waals surface area contributed by atoms with Crippen LogP contribution in [0.15, 0.2) is 53.8 Å². The van der Waals surface area contributed by atoms with E-state index in [2.05, 4.69) is 15.3 Å². The van der Waals surface area contributed by atoms with E-state index in [4.69, 9.17) is 0 Å². The van der Waals surface area contributed by atoms with Crippen LogP contribution < -0.4 is 5.32 Å². The van der Waals surface area contributed by atoms with Gasteiger partial charge in [0.25, 0.3) is 0 Å². The minimum atomic E-state index is -0.678. The molecule has 1 N–H and O–H groups in total. The van der Waals surface area contributed by atoms with Crippen molar-refractivity contribution in [1.82, 2.24) is 15.3 Å². The van der Waals surface area contributed by atoms with Crippen LogP contribution in [0.2, 0.25) is 0 Å². The number of aromatic nitrogens is 2. The van der Waals surface area contributed by atoms with E-state index < -0.39 is 17.7 Å². The molecular weight excluding hydrogens is 344 g/mol. The van der Waals surface area contributed by atoms with E-state index in [9.17, 15) is 13.6 Å². The molecule has 1 amide bonds. The number of thioether (sulfide) groups is 1. The summed E-state index contributed by atoms with van der Waals surface area (Å²) in [5.41, 5.74) is 1.05. The average molecular weight is 359 g/mol. The van der Waals surface area contributed by atoms with Gasteiger partial charge < -0.3 is 5.32 Å². The van der Waals surface area contributed by atoms with Crippen molar-refractivity contribution in [3.05, 3.63) is 66.0 Å². The highest BCUT2D eigenvalue weighted by Crippen LogP contribution is 2.24. The first-order valence-corrected chi connectivity index (χ1v) is 8.60. The Balaban J connectivity index is 1.64. The molecule has 0 aliphatic rings. The highest BCUT2D eigenvalue weighted by Gasteiger charge is 2.15. The summed E-state index contributed by atoms with van der Waals surface area (Å²) in [4.78, 5) is 20.5. The van der Waals surface area contributed by atoms with Crippen molar-refractivity contribution in [3.8, 4) is 0 Å². The zero-order chi connectivity index (χ0) is 17.8. The fourth-order valence-corrected chi connectivity index (χ4v) is 3.24. The van der Waals surface area contributed by atoms with Gasteiger partial charge in [-0.3, -0.25) is 4.79 Å². The Morgan fingerprint density at radius 1 is 1.20 bits per heavy atom. The molecule has 128 valence electrons. The third-order valence-electron chi connectivity index (χ3n) is 3.65. The molecule has 0 fully saturated rings. The molecule has 25 heavy (non-hydrogen) atoms. The second-order valence-corrected chi connectivity index (χ2v) is 6.40. The first-order chi connectivity index (χ1) is 12.0. The lowest BCUT2D eigenvalue weighted by Gasteiger charge is -2.15. The standard InChI is InChI=1S/C18H15F2N3OS/c1-11(13-7-6-12(19)8-15(13)20)23-17(24)9-25-18-14-4-2-3-5-16(14)21-10-22-18/h2-8,10-11H,9H2,1H3,(H,23,24)/t11-/m1/s1. The molecule has 1 atom stereocenters. The van der Waals surface area contributed by atoms with Crippen molar-refractivity contribution < 1.29 is 13.6 Å². The molecule has 1 heterocycles. The highest BCUT2D eigenvalue weighted by molar-refractivity contribution is 8.00. The lowest BCUT2D eigenvalue weighted by Crippen LogP contribution is -2.28. The molecule has 1 aromatic heterocycles. The molecule has 0 spiro atoms. The number of para-hydroxylation sites is 1. The summed E-state index contributed by atoms with van der Waals surface area (Å²) in [7, 11) is 0. The Morgan fingerprint density at radius 3 is 2.80 bits per heavy atom. The number of hydrogen-bond donors (Lipinski definition) is 1. The summed E-state index contributed by atoms with van der Waals surface area (Å²) >= 11 is 1.28. The van der Waals surface area contributed by atoms with Gasteiger partial charge >= 0.3 is 0 Å². The lowest BCUT2D eigenvalue weighted by atomic mass is 10.1. The number of carbonyl (C=O) groups is 1. The summed E-state index contributed by atoms with van der Waals surface area (Å²) in [6.45, 7) is 1.65. The number of benzene rings is 2. The van der Waals surface area contributed by atoms with Crippen molar-refractivity contribution >= 4 is 28.6 Å². The maximum absolute atomic E-state index is 13.8. The average Bonchev–Trinajstić information content (AvgIpc) is 2.59. The maximum Gasteiger partial charge on any atom is 0.230 e. The molecule has 0 saturated carbocycles. The van der Waals surface area contributed by atoms with Crippen LogP contribution in [-0.4, -0.2) is 21.6 Å². The van der Waals surface area contributed by atoms with Gasteiger partial charge in [0.2, 0.25) is 5.91 Å². The normalized spacial score (nSPS) is 12.1. The summed E-state index contributed by atoms with van der Waals surface area (Å²) in [5, 5.41) is 4.29. The minimum absolute atomic E-state index is 0.133. The lowest BCUT2D eigenvalue weighted by molar-refractivity contribution is -0.119. The molecular formula is C18H15F2N3OS. The van der Waals surface area contributed by atoms with Crippen LogP contribution in [0.5, 0.6) is 0 Å². The predicted molar refractivity (Wildman–Crippen MR) is 93.2 cm³/mol. The maximum atomic E-state index is 13.8. The SMILES string of the molecule is C[C@@H](NC(=O)CSc1ncnc2ccccc12)c1ccc(F)cc1F. The van der Waals surface area contributed by atoms with E-state index >= 15 is 0 Å². The van der Waals surface area contributed by atoms with Crippen LogP contribution in [-0.2, 0) is 4.79 Å². The van der Waals surface area contributed by atoms with E-state index in [0.717, 1.165) is 17.0 Å². The molecule has 0 bridgehead atoms. The van der Waals surface area contributed by atoms with Crippen molar-refractivity contribution in [2.24, 2.45) is 0 Å². The van der Waals surface area contributed by atoms with Gasteiger partial charge in [-0.2, -0.15) is 0 Å². The van der Waals surface area contributed by atoms with E-state index in [0.29, 0.717) is 5.03 Å². The molecule has 3 rings (SSSR count). The van der Waals surface area contributed by atoms with Crippen molar-refractivity contribution in [2.75, 3.05) is 5.75 Å². The molecule has 3 aromatic rings. The molecule has 4 nitrogen and oxygen atoms in total. The minimum Gasteiger partial charge on any atom is -0.349 e. The van der Waals surface area contributed by atoms with Crippen molar-refractivity contribution in [3.63, 3.8) is 0 Å². The van der Waals surface area contributed by atoms with E-state index in [1.165, 1.54) is 30.2 Å². The monoisotopic (exact) mass is 359 g/mol. The summed E-state index contributed by atoms with van der Waals surface area (Å²) < 4.78 is 26.7. The smallest absolute Gasteiger partial charge is 0.230 e. The molecule has 0 radical (unpaired) electrons. The number of rotatable bonds is 5. The topological polar surface area (TPSA) is 54.9 Å². The first kappa shape index (κ1) is 17.3. The Hall–Kier alpha value is -2.54. The van der Waals surface area contributed by atoms with Crippen LogP contribution in [0.25, 0.3) is 10.9 Å². The number of fused-ring (bicyclic) bond motifs is 1. The summed E-state index contributed by atoms with van der Waals surface area (Å²) in [6.07, 6.45) is 1.46. The van der Waals surface area contributed by atoms with E-state index in [1.54, 1.807) is 6.92 Å². The van der Waals surface area contributed by atoms with Gasteiger partial charge in [-0.15, -0.1) is 0 Å². The zero-order valence-electron chi connectivity index (χ0n) is 13.4. The van der Waals surface area contributed by atoms with Gasteiger partial charge in [-0.1, -0.05) is 36.0 Å². The number of amides is 1. The molecule has 2 aromatic carbocycles. The third kappa shape index (κ3) is 4.11. The molecule has 0 aliphatic carbocycles. The second-order valence-electron chi connectivity index (χ2n) is 5.44. The van der Waals surface area contributed by atoms with Crippen molar-refractivity contribution in [1.29, 1.82) is 0 Å². The largest absolute Gasteiger partial charge is 0.349 e. The molecule has 0 unspecified atom stereocenters. The highest BCUT2D eigenvalue weighted by atomic mass is 32.2. The fraction of sp³-hybridized carbons (Fsp3) is 0.167. The van der Waals surface area contributed by atoms with Gasteiger partial charge in [-0.25, -0.2) is 18.7 Å². The van der Waals surface area contributed by atoms with Crippen LogP contribution in [0, 0.1) is 11.6 Å². The Bertz CT molecular complexity index is 914. The fourth-order valence-electron chi connectivity index (χ4n) is 2.44. The van der Waals surface area contributed by atoms with Crippen LogP contribution in [0.3, 0.4) is 0 Å². The quantitative estimate of drug-likeness (QED) is 0.555. The molecule has 7 heteroatoms. The summed E-state index contributed by atoms with van der Waals surface area (Å²) in [6, 6.07) is 10.3. The van der Waals surface area contributed by atoms with Crippen molar-refractivity contribution in [2.45, 2.75) is 18.0 Å². The number of carbonyl (C=O) groups excluding carboxylic acids is 1. The Kier molecular flexibility index (Phi) is 5.23. The van der Waals surface area contributed by atoms with Crippen LogP contribution >= 0.6 is 11.8 Å². The number of nitrogens with one attached hydrogen (secondary N) is 1. The Morgan fingerprint density at radius 2 is 2.00 bits per heavy atom. The van der Waals surface area contributed by atoms with Crippen LogP contribution in [0.4, 0.5) is 8.78 Å². The predicted octanol–water partition coefficient (Wildman–Crippen LogP) is 3.88. The van der Waals surface area contributed by atoms with Gasteiger partial charge in [-0.05, 0) is 19.1 Å². The Labute approximate surface area is 147 Å². The molecule has 0 saturated heterocycles. The van der Waals surface area contributed by atoms with Gasteiger partial charge in [0, 0.05) is 17.0 Å². The summed E-state index contributed by atoms with van der Waals surface area (Å²) in [5.74, 6) is -1.45. The van der Waals surface area contributed by atoms with E-state index in [1.807, 2.05) is 24.3 Å². The second kappa shape index (κ2) is 7.57. The zero-order valence-corrected chi connectivity index (χ0v) is 14.2. The molecule has 0 aliphatic heterocycles. The number of halogens is 2. The van der Waals surface area contributed by atoms with Gasteiger partial charge in [0.05, 0.1) is 17.3 Å². The number of hydrogen-bond acceptors (Lipinski definition) is 4. The third-order valence-corrected chi connectivity index (χ3v) is 4.66. The number of nitrogens with zero attached hydrogens (tertiary/aromatic N) is 2. The van der Waals surface area contributed by atoms with Gasteiger partial charge in [0.1, 0.15) is 23.0 Å². The van der Waals surface area contributed by atoms with Gasteiger partial charge in [0.15, 0.2) is 0 Å². The van der Waals surface area contributed by atoms with E-state index in [-0.39, 0.29) is 17.2 Å². The van der Waals surface area contributed by atoms with Crippen LogP contribution in [0.1, 0.15) is 18.5 Å². The first-order valence-electron chi connectivity index (χ1n) is 7.61.